The number of aromatic nitrogens is 3. The fourth-order valence-corrected chi connectivity index (χ4v) is 4.44. The van der Waals surface area contributed by atoms with Gasteiger partial charge >= 0.3 is 0 Å². The standard InChI is InChI=1S/C26H27N5O2/c1-17-13-24(29-30(17)2)26(33)31-12-6-9-20(16-31)25(32)27-21-10-5-8-18(14-21)23-15-19-7-3-4-11-22(19)28-23/h3-5,7-8,10-11,13-15,20,28H,6,9,12,16H2,1-2H3,(H,27,32). The average Bonchev–Trinajstić information content (AvgIpc) is 3.42. The van der Waals surface area contributed by atoms with Crippen molar-refractivity contribution < 1.29 is 9.59 Å². The Morgan fingerprint density at radius 3 is 2.73 bits per heavy atom. The molecule has 2 aromatic carbocycles. The zero-order valence-corrected chi connectivity index (χ0v) is 18.8. The van der Waals surface area contributed by atoms with Gasteiger partial charge in [-0.3, -0.25) is 14.3 Å². The van der Waals surface area contributed by atoms with Gasteiger partial charge in [0.1, 0.15) is 0 Å². The van der Waals surface area contributed by atoms with Gasteiger partial charge in [-0.2, -0.15) is 5.10 Å². The fourth-order valence-electron chi connectivity index (χ4n) is 4.44. The van der Waals surface area contributed by atoms with Crippen molar-refractivity contribution in [1.29, 1.82) is 0 Å². The van der Waals surface area contributed by atoms with Crippen LogP contribution in [-0.2, 0) is 11.8 Å². The lowest BCUT2D eigenvalue weighted by atomic mass is 9.96. The largest absolute Gasteiger partial charge is 0.355 e. The molecule has 7 nitrogen and oxygen atoms in total. The molecule has 2 aromatic heterocycles. The number of benzene rings is 2. The lowest BCUT2D eigenvalue weighted by molar-refractivity contribution is -0.121. The van der Waals surface area contributed by atoms with Gasteiger partial charge in [0, 0.05) is 53.7 Å². The predicted molar refractivity (Wildman–Crippen MR) is 129 cm³/mol. The van der Waals surface area contributed by atoms with E-state index in [-0.39, 0.29) is 17.7 Å². The number of nitrogens with zero attached hydrogens (tertiary/aromatic N) is 3. The van der Waals surface area contributed by atoms with Crippen LogP contribution in [0.25, 0.3) is 22.2 Å². The molecule has 1 saturated heterocycles. The number of H-pyrrole nitrogens is 1. The van der Waals surface area contributed by atoms with Crippen LogP contribution < -0.4 is 5.32 Å². The third-order valence-corrected chi connectivity index (χ3v) is 6.38. The molecule has 1 aliphatic rings. The molecule has 0 saturated carbocycles. The summed E-state index contributed by atoms with van der Waals surface area (Å²) >= 11 is 0. The molecule has 7 heteroatoms. The number of rotatable bonds is 4. The van der Waals surface area contributed by atoms with E-state index in [4.69, 9.17) is 0 Å². The normalized spacial score (nSPS) is 16.2. The first-order valence-corrected chi connectivity index (χ1v) is 11.3. The van der Waals surface area contributed by atoms with Crippen molar-refractivity contribution in [3.63, 3.8) is 0 Å². The molecule has 0 bridgehead atoms. The van der Waals surface area contributed by atoms with Crippen molar-refractivity contribution in [3.8, 4) is 11.3 Å². The van der Waals surface area contributed by atoms with E-state index >= 15 is 0 Å². The summed E-state index contributed by atoms with van der Waals surface area (Å²) in [5, 5.41) is 8.51. The maximum absolute atomic E-state index is 13.0. The summed E-state index contributed by atoms with van der Waals surface area (Å²) in [6.45, 7) is 2.97. The van der Waals surface area contributed by atoms with Crippen LogP contribution in [0.3, 0.4) is 0 Å². The van der Waals surface area contributed by atoms with Crippen LogP contribution in [0.5, 0.6) is 0 Å². The molecule has 4 aromatic rings. The summed E-state index contributed by atoms with van der Waals surface area (Å²) in [6.07, 6.45) is 1.56. The Balaban J connectivity index is 1.28. The van der Waals surface area contributed by atoms with Crippen molar-refractivity contribution in [2.75, 3.05) is 18.4 Å². The van der Waals surface area contributed by atoms with Gasteiger partial charge in [0.05, 0.1) is 5.92 Å². The number of fused-ring (bicyclic) bond motifs is 1. The number of aryl methyl sites for hydroxylation is 2. The van der Waals surface area contributed by atoms with E-state index in [0.29, 0.717) is 18.8 Å². The van der Waals surface area contributed by atoms with E-state index in [1.807, 2.05) is 56.4 Å². The quantitative estimate of drug-likeness (QED) is 0.493. The molecule has 0 spiro atoms. The lowest BCUT2D eigenvalue weighted by Gasteiger charge is -2.31. The summed E-state index contributed by atoms with van der Waals surface area (Å²) in [7, 11) is 1.82. The smallest absolute Gasteiger partial charge is 0.274 e. The van der Waals surface area contributed by atoms with Crippen LogP contribution >= 0.6 is 0 Å². The van der Waals surface area contributed by atoms with Gasteiger partial charge in [0.15, 0.2) is 5.69 Å². The first kappa shape index (κ1) is 21.0. The Hall–Kier alpha value is -3.87. The number of nitrogens with one attached hydrogen (secondary N) is 2. The van der Waals surface area contributed by atoms with Gasteiger partial charge in [-0.1, -0.05) is 30.3 Å². The third kappa shape index (κ3) is 4.26. The molecular weight excluding hydrogens is 414 g/mol. The second kappa shape index (κ2) is 8.58. The van der Waals surface area contributed by atoms with Gasteiger partial charge in [-0.15, -0.1) is 0 Å². The number of aromatic amines is 1. The molecule has 1 fully saturated rings. The second-order valence-electron chi connectivity index (χ2n) is 8.73. The average molecular weight is 442 g/mol. The van der Waals surface area contributed by atoms with Crippen LogP contribution in [0.1, 0.15) is 29.0 Å². The summed E-state index contributed by atoms with van der Waals surface area (Å²) in [6, 6.07) is 19.9. The Kier molecular flexibility index (Phi) is 5.46. The molecule has 2 amide bonds. The monoisotopic (exact) mass is 441 g/mol. The number of hydrogen-bond acceptors (Lipinski definition) is 3. The van der Waals surface area contributed by atoms with Gasteiger partial charge in [-0.05, 0) is 50.1 Å². The van der Waals surface area contributed by atoms with Crippen LogP contribution in [-0.4, -0.2) is 44.6 Å². The number of likely N-dealkylation sites (tertiary alicyclic amines) is 1. The zero-order chi connectivity index (χ0) is 22.9. The number of carbonyl (C=O) groups is 2. The number of piperidine rings is 1. The SMILES string of the molecule is Cc1cc(C(=O)N2CCCC(C(=O)Nc3cccc(-c4cc5ccccc5[nH]4)c3)C2)nn1C. The highest BCUT2D eigenvalue weighted by molar-refractivity contribution is 5.96. The van der Waals surface area contributed by atoms with Crippen molar-refractivity contribution >= 4 is 28.4 Å². The van der Waals surface area contributed by atoms with Crippen LogP contribution in [0.4, 0.5) is 5.69 Å². The summed E-state index contributed by atoms with van der Waals surface area (Å²) in [4.78, 5) is 31.1. The van der Waals surface area contributed by atoms with Gasteiger partial charge in [-0.25, -0.2) is 0 Å². The van der Waals surface area contributed by atoms with E-state index in [1.165, 1.54) is 0 Å². The Labute approximate surface area is 192 Å². The first-order chi connectivity index (χ1) is 16.0. The molecule has 1 aliphatic heterocycles. The topological polar surface area (TPSA) is 83.0 Å². The molecule has 0 radical (unpaired) electrons. The maximum atomic E-state index is 13.0. The summed E-state index contributed by atoms with van der Waals surface area (Å²) < 4.78 is 1.70. The van der Waals surface area contributed by atoms with Crippen LogP contribution in [0.15, 0.2) is 60.7 Å². The van der Waals surface area contributed by atoms with Gasteiger partial charge in [0.25, 0.3) is 5.91 Å². The number of carbonyl (C=O) groups excluding carboxylic acids is 2. The van der Waals surface area contributed by atoms with E-state index in [0.717, 1.165) is 46.4 Å². The lowest BCUT2D eigenvalue weighted by Crippen LogP contribution is -2.44. The maximum Gasteiger partial charge on any atom is 0.274 e. The molecule has 1 unspecified atom stereocenters. The highest BCUT2D eigenvalue weighted by Gasteiger charge is 2.30. The Bertz CT molecular complexity index is 1280. The number of amides is 2. The Morgan fingerprint density at radius 1 is 1.09 bits per heavy atom. The van der Waals surface area contributed by atoms with E-state index in [1.54, 1.807) is 15.6 Å². The molecule has 2 N–H and O–H groups in total. The molecule has 5 rings (SSSR count). The van der Waals surface area contributed by atoms with Crippen molar-refractivity contribution in [3.05, 3.63) is 72.1 Å². The zero-order valence-electron chi connectivity index (χ0n) is 18.8. The number of para-hydroxylation sites is 1. The summed E-state index contributed by atoms with van der Waals surface area (Å²) in [5.41, 5.74) is 5.21. The molecule has 1 atom stereocenters. The molecule has 3 heterocycles. The van der Waals surface area contributed by atoms with Crippen molar-refractivity contribution in [2.24, 2.45) is 13.0 Å². The van der Waals surface area contributed by atoms with Gasteiger partial charge < -0.3 is 15.2 Å². The highest BCUT2D eigenvalue weighted by Crippen LogP contribution is 2.27. The van der Waals surface area contributed by atoms with E-state index < -0.39 is 0 Å². The minimum atomic E-state index is -0.246. The first-order valence-electron chi connectivity index (χ1n) is 11.3. The van der Waals surface area contributed by atoms with E-state index in [9.17, 15) is 9.59 Å². The second-order valence-corrected chi connectivity index (χ2v) is 8.73. The van der Waals surface area contributed by atoms with Crippen LogP contribution in [0.2, 0.25) is 0 Å². The molecule has 168 valence electrons. The highest BCUT2D eigenvalue weighted by atomic mass is 16.2. The molecule has 33 heavy (non-hydrogen) atoms. The van der Waals surface area contributed by atoms with Crippen LogP contribution in [0, 0.1) is 12.8 Å². The number of hydrogen-bond donors (Lipinski definition) is 2. The third-order valence-electron chi connectivity index (χ3n) is 6.38. The molecular formula is C26H27N5O2. The van der Waals surface area contributed by atoms with Crippen molar-refractivity contribution in [2.45, 2.75) is 19.8 Å². The fraction of sp³-hybridized carbons (Fsp3) is 0.269. The Morgan fingerprint density at radius 2 is 1.94 bits per heavy atom. The predicted octanol–water partition coefficient (Wildman–Crippen LogP) is 4.37. The van der Waals surface area contributed by atoms with Crippen molar-refractivity contribution in [1.82, 2.24) is 19.7 Å². The minimum Gasteiger partial charge on any atom is -0.355 e. The minimum absolute atomic E-state index is 0.0569. The van der Waals surface area contributed by atoms with E-state index in [2.05, 4.69) is 27.5 Å². The molecule has 0 aliphatic carbocycles. The van der Waals surface area contributed by atoms with Gasteiger partial charge in [0.2, 0.25) is 5.91 Å². The number of anilines is 1. The summed E-state index contributed by atoms with van der Waals surface area (Å²) in [5.74, 6) is -0.417.